The number of rotatable bonds is 9. The molecule has 3 rings (SSSR count). The average molecular weight is 437 g/mol. The highest BCUT2D eigenvalue weighted by molar-refractivity contribution is 5.95. The molecule has 2 N–H and O–H groups in total. The number of hydrogen-bond donors (Lipinski definition) is 2. The Balaban J connectivity index is 1.56. The number of hydrogen-bond acceptors (Lipinski definition) is 6. The van der Waals surface area contributed by atoms with E-state index in [1.165, 1.54) is 24.3 Å². The molecule has 3 aromatic rings. The van der Waals surface area contributed by atoms with Crippen LogP contribution in [-0.4, -0.2) is 33.0 Å². The van der Waals surface area contributed by atoms with E-state index in [1.54, 1.807) is 4.57 Å². The van der Waals surface area contributed by atoms with E-state index in [0.29, 0.717) is 18.4 Å². The van der Waals surface area contributed by atoms with Crippen molar-refractivity contribution in [2.45, 2.75) is 32.7 Å². The first kappa shape index (κ1) is 22.6. The van der Waals surface area contributed by atoms with Crippen molar-refractivity contribution in [2.24, 2.45) is 10.2 Å². The number of fused-ring (bicyclic) bond motifs is 1. The van der Waals surface area contributed by atoms with Crippen LogP contribution in [0, 0.1) is 10.1 Å². The van der Waals surface area contributed by atoms with Crippen LogP contribution in [0.3, 0.4) is 0 Å². The molecule has 0 aliphatic heterocycles. The van der Waals surface area contributed by atoms with Crippen molar-refractivity contribution in [3.63, 3.8) is 0 Å². The summed E-state index contributed by atoms with van der Waals surface area (Å²) in [5, 5.41) is 32.3. The van der Waals surface area contributed by atoms with Gasteiger partial charge in [0.15, 0.2) is 5.69 Å². The number of aromatic nitrogens is 1. The Kier molecular flexibility index (Phi) is 7.27. The fourth-order valence-electron chi connectivity index (χ4n) is 3.28. The quantitative estimate of drug-likeness (QED) is 0.220. The molecule has 2 aromatic carbocycles. The van der Waals surface area contributed by atoms with E-state index in [1.807, 2.05) is 31.2 Å². The number of non-ortho nitro benzene ring substituents is 1. The highest BCUT2D eigenvalue weighted by atomic mass is 16.6. The van der Waals surface area contributed by atoms with Crippen molar-refractivity contribution < 1.29 is 19.6 Å². The van der Waals surface area contributed by atoms with Gasteiger partial charge in [0.05, 0.1) is 10.4 Å². The van der Waals surface area contributed by atoms with Crippen LogP contribution in [0.1, 0.15) is 36.5 Å². The van der Waals surface area contributed by atoms with Gasteiger partial charge in [-0.3, -0.25) is 19.7 Å². The molecule has 0 saturated carbocycles. The lowest BCUT2D eigenvalue weighted by Crippen LogP contribution is -2.24. The van der Waals surface area contributed by atoms with E-state index >= 15 is 0 Å². The van der Waals surface area contributed by atoms with E-state index in [9.17, 15) is 24.8 Å². The Morgan fingerprint density at radius 3 is 2.72 bits per heavy atom. The molecular formula is C22H23N5O5. The average Bonchev–Trinajstić information content (AvgIpc) is 3.06. The summed E-state index contributed by atoms with van der Waals surface area (Å²) < 4.78 is 1.73. The molecule has 0 saturated heterocycles. The Bertz CT molecular complexity index is 1180. The molecule has 0 spiro atoms. The van der Waals surface area contributed by atoms with Gasteiger partial charge >= 0.3 is 0 Å². The van der Waals surface area contributed by atoms with Crippen LogP contribution in [0.5, 0.6) is 5.88 Å². The number of nitrogens with one attached hydrogen (secondary N) is 1. The summed E-state index contributed by atoms with van der Waals surface area (Å²) in [6.07, 6.45) is 1.19. The number of carbonyl (C=O) groups is 2. The first-order valence-electron chi connectivity index (χ1n) is 10.2. The summed E-state index contributed by atoms with van der Waals surface area (Å²) in [5.41, 5.74) is 1.07. The lowest BCUT2D eigenvalue weighted by Gasteiger charge is -2.04. The SMILES string of the molecule is CCCn1c(O)c(N=NC(=O)CCCNC(=O)c2cccc([N+](=O)[O-])c2)c2ccccc21. The Morgan fingerprint density at radius 1 is 1.19 bits per heavy atom. The zero-order valence-corrected chi connectivity index (χ0v) is 17.5. The van der Waals surface area contributed by atoms with Crippen LogP contribution in [0.25, 0.3) is 10.9 Å². The fourth-order valence-corrected chi connectivity index (χ4v) is 3.28. The lowest BCUT2D eigenvalue weighted by atomic mass is 10.2. The van der Waals surface area contributed by atoms with Gasteiger partial charge in [-0.1, -0.05) is 31.2 Å². The number of azo groups is 1. The molecule has 0 unspecified atom stereocenters. The summed E-state index contributed by atoms with van der Waals surface area (Å²) in [7, 11) is 0. The van der Waals surface area contributed by atoms with Crippen LogP contribution in [-0.2, 0) is 11.3 Å². The minimum absolute atomic E-state index is 0.0335. The second-order valence-electron chi connectivity index (χ2n) is 7.10. The number of nitro groups is 1. The molecule has 32 heavy (non-hydrogen) atoms. The Labute approximate surface area is 183 Å². The highest BCUT2D eigenvalue weighted by Gasteiger charge is 2.16. The van der Waals surface area contributed by atoms with Crippen molar-refractivity contribution in [3.8, 4) is 5.88 Å². The summed E-state index contributed by atoms with van der Waals surface area (Å²) in [6.45, 7) is 2.81. The molecule has 166 valence electrons. The number of aromatic hydroxyl groups is 1. The van der Waals surface area contributed by atoms with Crippen molar-refractivity contribution in [1.82, 2.24) is 9.88 Å². The number of nitrogens with zero attached hydrogens (tertiary/aromatic N) is 4. The maximum atomic E-state index is 12.1. The molecule has 10 heteroatoms. The first-order chi connectivity index (χ1) is 15.4. The van der Waals surface area contributed by atoms with E-state index in [-0.39, 0.29) is 35.8 Å². The second-order valence-corrected chi connectivity index (χ2v) is 7.10. The molecule has 1 aromatic heterocycles. The smallest absolute Gasteiger partial charge is 0.270 e. The monoisotopic (exact) mass is 437 g/mol. The third-order valence-electron chi connectivity index (χ3n) is 4.80. The minimum Gasteiger partial charge on any atom is -0.493 e. The third-order valence-corrected chi connectivity index (χ3v) is 4.80. The minimum atomic E-state index is -0.572. The second kappa shape index (κ2) is 10.3. The van der Waals surface area contributed by atoms with Crippen LogP contribution < -0.4 is 5.32 Å². The third kappa shape index (κ3) is 5.15. The first-order valence-corrected chi connectivity index (χ1v) is 10.2. The van der Waals surface area contributed by atoms with Crippen LogP contribution in [0.15, 0.2) is 58.8 Å². The number of carbonyl (C=O) groups excluding carboxylic acids is 2. The van der Waals surface area contributed by atoms with Crippen LogP contribution >= 0.6 is 0 Å². The van der Waals surface area contributed by atoms with Gasteiger partial charge in [-0.25, -0.2) is 0 Å². The van der Waals surface area contributed by atoms with E-state index in [0.717, 1.165) is 11.9 Å². The number of aryl methyl sites for hydroxylation is 1. The Morgan fingerprint density at radius 2 is 1.97 bits per heavy atom. The molecule has 1 heterocycles. The topological polar surface area (TPSA) is 139 Å². The van der Waals surface area contributed by atoms with Gasteiger partial charge in [0.2, 0.25) is 5.88 Å². The van der Waals surface area contributed by atoms with E-state index < -0.39 is 16.7 Å². The zero-order chi connectivity index (χ0) is 23.1. The van der Waals surface area contributed by atoms with E-state index in [4.69, 9.17) is 0 Å². The zero-order valence-electron chi connectivity index (χ0n) is 17.5. The van der Waals surface area contributed by atoms with Crippen molar-refractivity contribution in [2.75, 3.05) is 6.54 Å². The number of amides is 2. The molecule has 0 radical (unpaired) electrons. The maximum Gasteiger partial charge on any atom is 0.270 e. The molecule has 0 fully saturated rings. The van der Waals surface area contributed by atoms with Crippen molar-refractivity contribution in [1.29, 1.82) is 0 Å². The molecule has 10 nitrogen and oxygen atoms in total. The number of nitro benzene ring substituents is 1. The van der Waals surface area contributed by atoms with E-state index in [2.05, 4.69) is 15.5 Å². The van der Waals surface area contributed by atoms with Gasteiger partial charge in [0.25, 0.3) is 17.5 Å². The molecule has 0 atom stereocenters. The van der Waals surface area contributed by atoms with Gasteiger partial charge in [-0.15, -0.1) is 10.2 Å². The molecule has 0 aliphatic rings. The Hall–Kier alpha value is -4.08. The predicted molar refractivity (Wildman–Crippen MR) is 118 cm³/mol. The highest BCUT2D eigenvalue weighted by Crippen LogP contribution is 2.38. The molecular weight excluding hydrogens is 414 g/mol. The molecule has 0 bridgehead atoms. The largest absolute Gasteiger partial charge is 0.493 e. The standard InChI is InChI=1S/C22H23N5O5/c1-2-13-26-18-10-4-3-9-17(18)20(22(26)30)25-24-19(28)11-6-12-23-21(29)15-7-5-8-16(14-15)27(31)32/h3-5,7-10,14,30H,2,6,11-13H2,1H3,(H,23,29). The summed E-state index contributed by atoms with van der Waals surface area (Å²) in [4.78, 5) is 34.4. The molecule has 0 aliphatic carbocycles. The molecule has 2 amide bonds. The summed E-state index contributed by atoms with van der Waals surface area (Å²) in [6, 6.07) is 12.8. The summed E-state index contributed by atoms with van der Waals surface area (Å²) in [5.74, 6) is -0.980. The maximum absolute atomic E-state index is 12.1. The number of benzene rings is 2. The van der Waals surface area contributed by atoms with Crippen molar-refractivity contribution in [3.05, 3.63) is 64.2 Å². The predicted octanol–water partition coefficient (Wildman–Crippen LogP) is 4.49. The lowest BCUT2D eigenvalue weighted by molar-refractivity contribution is -0.384. The van der Waals surface area contributed by atoms with Crippen LogP contribution in [0.2, 0.25) is 0 Å². The van der Waals surface area contributed by atoms with Gasteiger partial charge in [0, 0.05) is 42.6 Å². The number of para-hydroxylation sites is 1. The van der Waals surface area contributed by atoms with Crippen molar-refractivity contribution >= 4 is 34.1 Å². The fraction of sp³-hybridized carbons (Fsp3) is 0.273. The van der Waals surface area contributed by atoms with Gasteiger partial charge < -0.3 is 15.0 Å². The van der Waals surface area contributed by atoms with Crippen LogP contribution in [0.4, 0.5) is 11.4 Å². The van der Waals surface area contributed by atoms with Gasteiger partial charge in [-0.2, -0.15) is 0 Å². The van der Waals surface area contributed by atoms with Gasteiger partial charge in [-0.05, 0) is 25.0 Å². The normalized spacial score (nSPS) is 11.2. The summed E-state index contributed by atoms with van der Waals surface area (Å²) >= 11 is 0. The van der Waals surface area contributed by atoms with Gasteiger partial charge in [0.1, 0.15) is 0 Å².